The molecule has 0 aliphatic heterocycles. The molecule has 1 aromatic heterocycles. The zero-order valence-corrected chi connectivity index (χ0v) is 9.80. The number of aromatic nitrogens is 2. The average Bonchev–Trinajstić information content (AvgIpc) is 1.87. The van der Waals surface area contributed by atoms with Crippen LogP contribution in [0.15, 0.2) is 0 Å². The Balaban J connectivity index is 0.000000490. The second-order valence-electron chi connectivity index (χ2n) is 0.927. The number of rotatable bonds is 0. The Bertz CT molecular complexity index is 220. The van der Waals surface area contributed by atoms with E-state index in [1.807, 2.05) is 0 Å². The fraction of sp³-hybridized carbons (Fsp3) is 0. The van der Waals surface area contributed by atoms with Crippen LogP contribution in [-0.4, -0.2) is 61.6 Å². The van der Waals surface area contributed by atoms with Gasteiger partial charge in [0.05, 0.1) is 0 Å². The summed E-state index contributed by atoms with van der Waals surface area (Å²) in [6.45, 7) is 0. The van der Waals surface area contributed by atoms with Crippen LogP contribution in [0.2, 0.25) is 0 Å². The SMILES string of the molecule is S=c1[nH][nH]c(=S)s1.[K]. The van der Waals surface area contributed by atoms with Crippen molar-refractivity contribution in [1.82, 2.24) is 10.2 Å². The molecule has 0 amide bonds. The van der Waals surface area contributed by atoms with Gasteiger partial charge in [-0.2, -0.15) is 0 Å². The van der Waals surface area contributed by atoms with E-state index in [2.05, 4.69) is 10.2 Å². The van der Waals surface area contributed by atoms with Gasteiger partial charge in [0.2, 0.25) is 0 Å². The quantitative estimate of drug-likeness (QED) is 0.478. The third-order valence-electron chi connectivity index (χ3n) is 0.452. The molecule has 0 aliphatic rings. The van der Waals surface area contributed by atoms with Crippen molar-refractivity contribution in [2.45, 2.75) is 0 Å². The minimum Gasteiger partial charge on any atom is -0.281 e. The van der Waals surface area contributed by atoms with Gasteiger partial charge in [-0.3, -0.25) is 10.2 Å². The van der Waals surface area contributed by atoms with Crippen LogP contribution in [-0.2, 0) is 0 Å². The van der Waals surface area contributed by atoms with Crippen LogP contribution < -0.4 is 0 Å². The molecule has 2 N–H and O–H groups in total. The third-order valence-corrected chi connectivity index (χ3v) is 1.73. The Morgan fingerprint density at radius 3 is 1.62 bits per heavy atom. The van der Waals surface area contributed by atoms with Crippen molar-refractivity contribution in [1.29, 1.82) is 0 Å². The van der Waals surface area contributed by atoms with Crippen molar-refractivity contribution in [2.24, 2.45) is 0 Å². The van der Waals surface area contributed by atoms with Gasteiger partial charge in [0.15, 0.2) is 7.91 Å². The predicted octanol–water partition coefficient (Wildman–Crippen LogP) is 1.48. The van der Waals surface area contributed by atoms with Crippen LogP contribution in [0.3, 0.4) is 0 Å². The molecule has 2 nitrogen and oxygen atoms in total. The molecule has 0 spiro atoms. The number of hydrogen-bond donors (Lipinski definition) is 2. The first-order valence-corrected chi connectivity index (χ1v) is 3.20. The van der Waals surface area contributed by atoms with E-state index in [1.165, 1.54) is 11.3 Å². The zero-order chi connectivity index (χ0) is 5.28. The van der Waals surface area contributed by atoms with Crippen LogP contribution in [0.1, 0.15) is 0 Å². The van der Waals surface area contributed by atoms with Gasteiger partial charge in [0.1, 0.15) is 0 Å². The molecule has 0 unspecified atom stereocenters. The summed E-state index contributed by atoms with van der Waals surface area (Å²) in [5, 5.41) is 5.34. The molecule has 0 aliphatic carbocycles. The molecule has 1 radical (unpaired) electrons. The van der Waals surface area contributed by atoms with E-state index in [4.69, 9.17) is 24.4 Å². The summed E-state index contributed by atoms with van der Waals surface area (Å²) in [6, 6.07) is 0. The first-order valence-electron chi connectivity index (χ1n) is 1.57. The molecule has 39 valence electrons. The molecule has 0 fully saturated rings. The van der Waals surface area contributed by atoms with E-state index in [9.17, 15) is 0 Å². The molecular formula is C2H2KN2S3. The fourth-order valence-electron chi connectivity index (χ4n) is 0.237. The first-order chi connectivity index (χ1) is 3.29. The van der Waals surface area contributed by atoms with Crippen molar-refractivity contribution in [3.8, 4) is 0 Å². The fourth-order valence-corrected chi connectivity index (χ4v) is 1.37. The number of hydrogen-bond acceptors (Lipinski definition) is 3. The largest absolute Gasteiger partial charge is 0.281 e. The van der Waals surface area contributed by atoms with Crippen molar-refractivity contribution in [3.05, 3.63) is 7.91 Å². The zero-order valence-electron chi connectivity index (χ0n) is 4.22. The maximum absolute atomic E-state index is 4.70. The van der Waals surface area contributed by atoms with Gasteiger partial charge in [-0.05, 0) is 24.4 Å². The van der Waals surface area contributed by atoms with E-state index in [-0.39, 0.29) is 51.4 Å². The molecule has 0 saturated carbocycles. The minimum absolute atomic E-state index is 0. The summed E-state index contributed by atoms with van der Waals surface area (Å²) in [4.78, 5) is 0. The van der Waals surface area contributed by atoms with Crippen LogP contribution in [0, 0.1) is 7.91 Å². The summed E-state index contributed by atoms with van der Waals surface area (Å²) < 4.78 is 1.40. The molecule has 1 rings (SSSR count). The topological polar surface area (TPSA) is 31.6 Å². The summed E-state index contributed by atoms with van der Waals surface area (Å²) in [6.07, 6.45) is 0. The smallest absolute Gasteiger partial charge is 0.175 e. The van der Waals surface area contributed by atoms with Crippen LogP contribution in [0.25, 0.3) is 0 Å². The van der Waals surface area contributed by atoms with Gasteiger partial charge < -0.3 is 0 Å². The van der Waals surface area contributed by atoms with Gasteiger partial charge in [0.25, 0.3) is 0 Å². The van der Waals surface area contributed by atoms with E-state index >= 15 is 0 Å². The minimum atomic E-state index is 0. The Hall–Kier alpha value is 1.64. The maximum Gasteiger partial charge on any atom is 0.175 e. The molecule has 6 heteroatoms. The van der Waals surface area contributed by atoms with E-state index < -0.39 is 0 Å². The number of H-pyrrole nitrogens is 2. The molecule has 1 heterocycles. The van der Waals surface area contributed by atoms with Gasteiger partial charge in [-0.15, -0.1) is 0 Å². The molecule has 0 bridgehead atoms. The Kier molecular flexibility index (Phi) is 5.36. The summed E-state index contributed by atoms with van der Waals surface area (Å²) in [5.41, 5.74) is 0. The first kappa shape index (κ1) is 9.64. The monoisotopic (exact) mass is 189 g/mol. The molecule has 8 heavy (non-hydrogen) atoms. The van der Waals surface area contributed by atoms with Crippen LogP contribution in [0.5, 0.6) is 0 Å². The second-order valence-corrected chi connectivity index (χ2v) is 3.28. The molecule has 0 saturated heterocycles. The van der Waals surface area contributed by atoms with E-state index in [0.29, 0.717) is 7.91 Å². The van der Waals surface area contributed by atoms with Crippen molar-refractivity contribution >= 4 is 87.2 Å². The van der Waals surface area contributed by atoms with Crippen molar-refractivity contribution in [2.75, 3.05) is 0 Å². The van der Waals surface area contributed by atoms with Crippen LogP contribution in [0.4, 0.5) is 0 Å². The Morgan fingerprint density at radius 2 is 1.50 bits per heavy atom. The number of aromatic amines is 2. The van der Waals surface area contributed by atoms with Gasteiger partial charge in [0, 0.05) is 51.4 Å². The van der Waals surface area contributed by atoms with E-state index in [1.54, 1.807) is 0 Å². The Labute approximate surface area is 103 Å². The Morgan fingerprint density at radius 1 is 1.12 bits per heavy atom. The van der Waals surface area contributed by atoms with Gasteiger partial charge in [-0.25, -0.2) is 0 Å². The predicted molar refractivity (Wildman–Crippen MR) is 40.4 cm³/mol. The molecule has 0 atom stereocenters. The van der Waals surface area contributed by atoms with E-state index in [0.717, 1.165) is 0 Å². The maximum atomic E-state index is 4.70. The summed E-state index contributed by atoms with van der Waals surface area (Å²) >= 11 is 10.8. The van der Waals surface area contributed by atoms with Gasteiger partial charge in [-0.1, -0.05) is 11.3 Å². The second kappa shape index (κ2) is 4.45. The van der Waals surface area contributed by atoms with Gasteiger partial charge >= 0.3 is 0 Å². The average molecular weight is 189 g/mol. The molecule has 1 aromatic rings. The summed E-state index contributed by atoms with van der Waals surface area (Å²) in [5.74, 6) is 0. The van der Waals surface area contributed by atoms with Crippen LogP contribution >= 0.6 is 35.8 Å². The summed E-state index contributed by atoms with van der Waals surface area (Å²) in [7, 11) is 0. The third kappa shape index (κ3) is 2.97. The molecular weight excluding hydrogens is 187 g/mol. The molecule has 0 aromatic carbocycles. The standard InChI is InChI=1S/C2H2N2S3.K/c5-1-3-4-2(6)7-1;/h(H,3,5)(H,4,6);. The van der Waals surface area contributed by atoms with Crippen molar-refractivity contribution in [3.63, 3.8) is 0 Å². The normalized spacial score (nSPS) is 8.00. The van der Waals surface area contributed by atoms with Crippen molar-refractivity contribution < 1.29 is 0 Å². The number of nitrogens with one attached hydrogen (secondary N) is 2.